The van der Waals surface area contributed by atoms with Crippen LogP contribution in [0.15, 0.2) is 36.9 Å². The molecule has 22 heavy (non-hydrogen) atoms. The number of rotatable bonds is 6. The van der Waals surface area contributed by atoms with Crippen LogP contribution in [-0.4, -0.2) is 32.3 Å². The predicted molar refractivity (Wildman–Crippen MR) is 72.2 cm³/mol. The first kappa shape index (κ1) is 16.3. The predicted octanol–water partition coefficient (Wildman–Crippen LogP) is 2.73. The molecule has 2 rings (SSSR count). The van der Waals surface area contributed by atoms with Crippen LogP contribution in [0, 0.1) is 0 Å². The minimum atomic E-state index is -4.69. The molecule has 1 aromatic carbocycles. The molecule has 0 fully saturated rings. The van der Waals surface area contributed by atoms with Crippen molar-refractivity contribution in [1.82, 2.24) is 14.8 Å². The average molecular weight is 315 g/mol. The van der Waals surface area contributed by atoms with Crippen LogP contribution >= 0.6 is 0 Å². The van der Waals surface area contributed by atoms with Gasteiger partial charge in [0.25, 0.3) is 0 Å². The molecule has 120 valence electrons. The van der Waals surface area contributed by atoms with Crippen LogP contribution < -0.4 is 4.74 Å². The highest BCUT2D eigenvalue weighted by atomic mass is 19.4. The van der Waals surface area contributed by atoms with Crippen molar-refractivity contribution in [3.05, 3.63) is 42.5 Å². The molecule has 2 aromatic rings. The number of benzene rings is 1. The average Bonchev–Trinajstić information content (AvgIpc) is 2.98. The molecular formula is C14H16F3N3O2. The molecule has 8 heteroatoms. The smallest absolute Gasteiger partial charge is 0.406 e. The lowest BCUT2D eigenvalue weighted by Gasteiger charge is -2.18. The van der Waals surface area contributed by atoms with E-state index >= 15 is 0 Å². The maximum atomic E-state index is 12.1. The largest absolute Gasteiger partial charge is 0.573 e. The number of aliphatic hydroxyl groups excluding tert-OH is 1. The molecule has 0 bridgehead atoms. The lowest BCUT2D eigenvalue weighted by Crippen LogP contribution is -2.22. The Balaban J connectivity index is 1.86. The molecule has 0 saturated carbocycles. The number of alkyl halides is 3. The molecule has 2 unspecified atom stereocenters. The summed E-state index contributed by atoms with van der Waals surface area (Å²) in [6.07, 6.45) is -1.41. The fraction of sp³-hybridized carbons (Fsp3) is 0.429. The van der Waals surface area contributed by atoms with E-state index in [1.54, 1.807) is 16.8 Å². The van der Waals surface area contributed by atoms with Crippen molar-refractivity contribution in [2.45, 2.75) is 38.3 Å². The maximum absolute atomic E-state index is 12.1. The maximum Gasteiger partial charge on any atom is 0.573 e. The van der Waals surface area contributed by atoms with Crippen LogP contribution in [0.3, 0.4) is 0 Å². The van der Waals surface area contributed by atoms with Gasteiger partial charge in [-0.15, -0.1) is 13.2 Å². The summed E-state index contributed by atoms with van der Waals surface area (Å²) in [5.74, 6) is -0.257. The molecule has 1 aromatic heterocycles. The van der Waals surface area contributed by atoms with Gasteiger partial charge >= 0.3 is 6.36 Å². The van der Waals surface area contributed by atoms with E-state index < -0.39 is 12.5 Å². The van der Waals surface area contributed by atoms with E-state index in [9.17, 15) is 18.3 Å². The SMILES string of the molecule is CC(C(O)CCc1ccc(OC(F)(F)F)cc1)n1cncn1. The Bertz CT molecular complexity index is 570. The van der Waals surface area contributed by atoms with Gasteiger partial charge in [0.05, 0.1) is 12.1 Å². The third kappa shape index (κ3) is 4.73. The second-order valence-electron chi connectivity index (χ2n) is 4.91. The van der Waals surface area contributed by atoms with Crippen molar-refractivity contribution in [1.29, 1.82) is 0 Å². The zero-order valence-corrected chi connectivity index (χ0v) is 11.9. The molecule has 5 nitrogen and oxygen atoms in total. The Kier molecular flexibility index (Phi) is 5.02. The fourth-order valence-corrected chi connectivity index (χ4v) is 2.02. The second-order valence-corrected chi connectivity index (χ2v) is 4.91. The molecule has 0 radical (unpaired) electrons. The van der Waals surface area contributed by atoms with Crippen molar-refractivity contribution in [2.75, 3.05) is 0 Å². The summed E-state index contributed by atoms with van der Waals surface area (Å²) in [5.41, 5.74) is 0.819. The van der Waals surface area contributed by atoms with Gasteiger partial charge in [-0.3, -0.25) is 0 Å². The van der Waals surface area contributed by atoms with E-state index in [4.69, 9.17) is 0 Å². The van der Waals surface area contributed by atoms with Gasteiger partial charge < -0.3 is 9.84 Å². The summed E-state index contributed by atoms with van der Waals surface area (Å²) in [5, 5.41) is 14.1. The number of hydrogen-bond acceptors (Lipinski definition) is 4. The quantitative estimate of drug-likeness (QED) is 0.890. The first-order valence-corrected chi connectivity index (χ1v) is 6.72. The second kappa shape index (κ2) is 6.78. The molecule has 0 saturated heterocycles. The molecule has 0 aliphatic carbocycles. The van der Waals surface area contributed by atoms with Crippen molar-refractivity contribution >= 4 is 0 Å². The van der Waals surface area contributed by atoms with E-state index in [-0.39, 0.29) is 11.8 Å². The van der Waals surface area contributed by atoms with E-state index in [1.165, 1.54) is 24.8 Å². The zero-order chi connectivity index (χ0) is 16.2. The van der Waals surface area contributed by atoms with E-state index in [2.05, 4.69) is 14.8 Å². The number of nitrogens with zero attached hydrogens (tertiary/aromatic N) is 3. The molecule has 0 aliphatic rings. The highest BCUT2D eigenvalue weighted by Crippen LogP contribution is 2.23. The summed E-state index contributed by atoms with van der Waals surface area (Å²) in [7, 11) is 0. The molecule has 0 spiro atoms. The highest BCUT2D eigenvalue weighted by molar-refractivity contribution is 5.27. The number of ether oxygens (including phenoxy) is 1. The first-order chi connectivity index (χ1) is 10.3. The number of aryl methyl sites for hydroxylation is 1. The minimum Gasteiger partial charge on any atom is -0.406 e. The molecular weight excluding hydrogens is 299 g/mol. The highest BCUT2D eigenvalue weighted by Gasteiger charge is 2.30. The summed E-state index contributed by atoms with van der Waals surface area (Å²) < 4.78 is 41.5. The first-order valence-electron chi connectivity index (χ1n) is 6.72. The standard InChI is InChI=1S/C14H16F3N3O2/c1-10(20-9-18-8-19-20)13(21)7-4-11-2-5-12(6-3-11)22-14(15,16)17/h2-3,5-6,8-10,13,21H,4,7H2,1H3. The Labute approximate surface area is 125 Å². The number of hydrogen-bond donors (Lipinski definition) is 1. The van der Waals surface area contributed by atoms with Gasteiger partial charge in [-0.2, -0.15) is 5.10 Å². The lowest BCUT2D eigenvalue weighted by molar-refractivity contribution is -0.274. The van der Waals surface area contributed by atoms with Crippen molar-refractivity contribution in [3.63, 3.8) is 0 Å². The van der Waals surface area contributed by atoms with Crippen LogP contribution in [0.25, 0.3) is 0 Å². The summed E-state index contributed by atoms with van der Waals surface area (Å²) in [6, 6.07) is 5.39. The van der Waals surface area contributed by atoms with E-state index in [0.717, 1.165) is 5.56 Å². The monoisotopic (exact) mass is 315 g/mol. The number of halogens is 3. The van der Waals surface area contributed by atoms with Gasteiger partial charge in [0.1, 0.15) is 18.4 Å². The molecule has 1 heterocycles. The van der Waals surface area contributed by atoms with Crippen molar-refractivity contribution < 1.29 is 23.0 Å². The molecule has 0 aliphatic heterocycles. The van der Waals surface area contributed by atoms with Gasteiger partial charge in [-0.1, -0.05) is 12.1 Å². The summed E-state index contributed by atoms with van der Waals surface area (Å²) in [6.45, 7) is 1.82. The topological polar surface area (TPSA) is 60.2 Å². The van der Waals surface area contributed by atoms with E-state index in [0.29, 0.717) is 12.8 Å². The molecule has 1 N–H and O–H groups in total. The van der Waals surface area contributed by atoms with Crippen LogP contribution in [0.5, 0.6) is 5.75 Å². The van der Waals surface area contributed by atoms with Gasteiger partial charge in [0, 0.05) is 0 Å². The minimum absolute atomic E-state index is 0.227. The summed E-state index contributed by atoms with van der Waals surface area (Å²) in [4.78, 5) is 3.82. The van der Waals surface area contributed by atoms with Gasteiger partial charge in [-0.05, 0) is 37.5 Å². The van der Waals surface area contributed by atoms with Crippen LogP contribution in [-0.2, 0) is 6.42 Å². The Morgan fingerprint density at radius 2 is 1.95 bits per heavy atom. The Morgan fingerprint density at radius 3 is 2.50 bits per heavy atom. The van der Waals surface area contributed by atoms with Crippen LogP contribution in [0.1, 0.15) is 24.9 Å². The molecule has 2 atom stereocenters. The number of aliphatic hydroxyl groups is 1. The Morgan fingerprint density at radius 1 is 1.27 bits per heavy atom. The third-order valence-electron chi connectivity index (χ3n) is 3.30. The fourth-order valence-electron chi connectivity index (χ4n) is 2.02. The Hall–Kier alpha value is -2.09. The van der Waals surface area contributed by atoms with E-state index in [1.807, 2.05) is 6.92 Å². The van der Waals surface area contributed by atoms with Gasteiger partial charge in [-0.25, -0.2) is 9.67 Å². The van der Waals surface area contributed by atoms with Crippen molar-refractivity contribution in [2.24, 2.45) is 0 Å². The lowest BCUT2D eigenvalue weighted by atomic mass is 10.0. The van der Waals surface area contributed by atoms with Crippen LogP contribution in [0.2, 0.25) is 0 Å². The van der Waals surface area contributed by atoms with Crippen molar-refractivity contribution in [3.8, 4) is 5.75 Å². The zero-order valence-electron chi connectivity index (χ0n) is 11.9. The summed E-state index contributed by atoms with van der Waals surface area (Å²) >= 11 is 0. The van der Waals surface area contributed by atoms with Gasteiger partial charge in [0.2, 0.25) is 0 Å². The number of aromatic nitrogens is 3. The normalized spacial score (nSPS) is 14.6. The van der Waals surface area contributed by atoms with Gasteiger partial charge in [0.15, 0.2) is 0 Å². The van der Waals surface area contributed by atoms with Crippen LogP contribution in [0.4, 0.5) is 13.2 Å². The molecule has 0 amide bonds. The third-order valence-corrected chi connectivity index (χ3v) is 3.30.